The molecule has 0 spiro atoms. The van der Waals surface area contributed by atoms with Crippen LogP contribution in [0.1, 0.15) is 28.9 Å². The second-order valence-corrected chi connectivity index (χ2v) is 7.61. The standard InChI is InChI=1S/C14H15N5OS2/c15-11-4-7-19(17-11)12(20)10-8-9-13(21-10)22-14(16-9)18-5-2-1-3-6-18/h4,7-8H,1-3,5-6H2,(H2,15,17). The summed E-state index contributed by atoms with van der Waals surface area (Å²) in [6.07, 6.45) is 5.36. The first-order chi connectivity index (χ1) is 10.7. The summed E-state index contributed by atoms with van der Waals surface area (Å²) in [5.41, 5.74) is 6.46. The average Bonchev–Trinajstić information content (AvgIpc) is 3.21. The van der Waals surface area contributed by atoms with E-state index < -0.39 is 0 Å². The first kappa shape index (κ1) is 13.7. The van der Waals surface area contributed by atoms with Gasteiger partial charge in [0.15, 0.2) is 5.13 Å². The SMILES string of the molecule is Nc1ccn(C(=O)c2cc3nc(N4CCCCC4)sc3s2)n1. The first-order valence-corrected chi connectivity index (χ1v) is 8.85. The van der Waals surface area contributed by atoms with Crippen molar-refractivity contribution in [1.82, 2.24) is 14.8 Å². The Kier molecular flexibility index (Phi) is 3.34. The van der Waals surface area contributed by atoms with E-state index in [2.05, 4.69) is 15.0 Å². The van der Waals surface area contributed by atoms with Gasteiger partial charge in [-0.1, -0.05) is 11.3 Å². The molecule has 3 aromatic rings. The van der Waals surface area contributed by atoms with Gasteiger partial charge in [-0.15, -0.1) is 16.4 Å². The highest BCUT2D eigenvalue weighted by Gasteiger charge is 2.19. The maximum Gasteiger partial charge on any atom is 0.288 e. The molecule has 0 bridgehead atoms. The number of anilines is 2. The van der Waals surface area contributed by atoms with Crippen molar-refractivity contribution < 1.29 is 4.79 Å². The van der Waals surface area contributed by atoms with Crippen LogP contribution < -0.4 is 10.6 Å². The lowest BCUT2D eigenvalue weighted by Crippen LogP contribution is -2.29. The van der Waals surface area contributed by atoms with E-state index in [1.807, 2.05) is 6.07 Å². The highest BCUT2D eigenvalue weighted by molar-refractivity contribution is 7.40. The number of nitrogen functional groups attached to an aromatic ring is 1. The molecule has 0 aromatic carbocycles. The van der Waals surface area contributed by atoms with Gasteiger partial charge in [-0.3, -0.25) is 4.79 Å². The molecule has 1 fully saturated rings. The Morgan fingerprint density at radius 1 is 1.23 bits per heavy atom. The number of nitrogens with zero attached hydrogens (tertiary/aromatic N) is 4. The van der Waals surface area contributed by atoms with Crippen LogP contribution in [0.4, 0.5) is 10.9 Å². The fraction of sp³-hybridized carbons (Fsp3) is 0.357. The Bertz CT molecular complexity index is 796. The van der Waals surface area contributed by atoms with E-state index in [1.54, 1.807) is 23.6 Å². The summed E-state index contributed by atoms with van der Waals surface area (Å²) in [4.78, 5) is 20.0. The predicted molar refractivity (Wildman–Crippen MR) is 89.9 cm³/mol. The van der Waals surface area contributed by atoms with Crippen LogP contribution in [-0.4, -0.2) is 33.8 Å². The molecular formula is C14H15N5OS2. The van der Waals surface area contributed by atoms with Crippen molar-refractivity contribution in [3.05, 3.63) is 23.2 Å². The molecule has 0 amide bonds. The Labute approximate surface area is 135 Å². The highest BCUT2D eigenvalue weighted by Crippen LogP contribution is 2.36. The number of carbonyl (C=O) groups excluding carboxylic acids is 1. The Hall–Kier alpha value is -1.93. The third-order valence-electron chi connectivity index (χ3n) is 3.73. The number of rotatable bonds is 2. The smallest absolute Gasteiger partial charge is 0.288 e. The Morgan fingerprint density at radius 3 is 2.73 bits per heavy atom. The summed E-state index contributed by atoms with van der Waals surface area (Å²) < 4.78 is 2.36. The zero-order valence-corrected chi connectivity index (χ0v) is 13.5. The molecule has 1 saturated heterocycles. The number of fused-ring (bicyclic) bond motifs is 1. The fourth-order valence-electron chi connectivity index (χ4n) is 2.61. The van der Waals surface area contributed by atoms with Gasteiger partial charge >= 0.3 is 0 Å². The van der Waals surface area contributed by atoms with Crippen molar-refractivity contribution in [3.63, 3.8) is 0 Å². The molecule has 6 nitrogen and oxygen atoms in total. The van der Waals surface area contributed by atoms with Crippen LogP contribution in [0.15, 0.2) is 18.3 Å². The molecule has 8 heteroatoms. The van der Waals surface area contributed by atoms with Crippen molar-refractivity contribution in [2.75, 3.05) is 23.7 Å². The number of nitrogens with two attached hydrogens (primary N) is 1. The summed E-state index contributed by atoms with van der Waals surface area (Å²) in [5, 5.41) is 5.03. The molecule has 3 aromatic heterocycles. The first-order valence-electron chi connectivity index (χ1n) is 7.22. The van der Waals surface area contributed by atoms with Gasteiger partial charge in [0.05, 0.1) is 10.4 Å². The van der Waals surface area contributed by atoms with E-state index in [9.17, 15) is 4.79 Å². The third-order valence-corrected chi connectivity index (χ3v) is 6.07. The lowest BCUT2D eigenvalue weighted by atomic mass is 10.1. The van der Waals surface area contributed by atoms with Crippen molar-refractivity contribution in [2.24, 2.45) is 0 Å². The number of carbonyl (C=O) groups is 1. The predicted octanol–water partition coefficient (Wildman–Crippen LogP) is 2.82. The van der Waals surface area contributed by atoms with Gasteiger partial charge in [-0.05, 0) is 25.3 Å². The van der Waals surface area contributed by atoms with E-state index in [4.69, 9.17) is 5.73 Å². The Morgan fingerprint density at radius 2 is 2.05 bits per heavy atom. The topological polar surface area (TPSA) is 77.0 Å². The molecule has 4 rings (SSSR count). The van der Waals surface area contributed by atoms with Gasteiger partial charge in [-0.25, -0.2) is 9.67 Å². The quantitative estimate of drug-likeness (QED) is 0.780. The monoisotopic (exact) mass is 333 g/mol. The van der Waals surface area contributed by atoms with Crippen molar-refractivity contribution in [2.45, 2.75) is 19.3 Å². The van der Waals surface area contributed by atoms with Crippen LogP contribution in [-0.2, 0) is 0 Å². The largest absolute Gasteiger partial charge is 0.382 e. The molecule has 4 heterocycles. The molecule has 0 unspecified atom stereocenters. The van der Waals surface area contributed by atoms with Crippen LogP contribution in [0.25, 0.3) is 9.53 Å². The van der Waals surface area contributed by atoms with Crippen molar-refractivity contribution >= 4 is 49.1 Å². The van der Waals surface area contributed by atoms with Gasteiger partial charge in [0.2, 0.25) is 0 Å². The average molecular weight is 333 g/mol. The zero-order chi connectivity index (χ0) is 15.1. The molecular weight excluding hydrogens is 318 g/mol. The second kappa shape index (κ2) is 5.36. The van der Waals surface area contributed by atoms with E-state index >= 15 is 0 Å². The molecule has 0 atom stereocenters. The summed E-state index contributed by atoms with van der Waals surface area (Å²) in [7, 11) is 0. The number of piperidine rings is 1. The molecule has 0 aliphatic carbocycles. The zero-order valence-electron chi connectivity index (χ0n) is 11.9. The van der Waals surface area contributed by atoms with Crippen LogP contribution in [0.5, 0.6) is 0 Å². The maximum absolute atomic E-state index is 12.3. The van der Waals surface area contributed by atoms with Crippen LogP contribution in [0.3, 0.4) is 0 Å². The van der Waals surface area contributed by atoms with Gasteiger partial charge in [0.25, 0.3) is 5.91 Å². The molecule has 2 N–H and O–H groups in total. The molecule has 0 saturated carbocycles. The molecule has 22 heavy (non-hydrogen) atoms. The van der Waals surface area contributed by atoms with E-state index in [0.717, 1.165) is 27.8 Å². The fourth-order valence-corrected chi connectivity index (χ4v) is 4.86. The molecule has 1 aliphatic rings. The summed E-state index contributed by atoms with van der Waals surface area (Å²) >= 11 is 3.14. The van der Waals surface area contributed by atoms with E-state index in [0.29, 0.717) is 10.7 Å². The minimum atomic E-state index is -0.161. The van der Waals surface area contributed by atoms with Gasteiger partial charge in [-0.2, -0.15) is 0 Å². The Balaban J connectivity index is 1.62. The number of hydrogen-bond donors (Lipinski definition) is 1. The maximum atomic E-state index is 12.3. The van der Waals surface area contributed by atoms with Crippen molar-refractivity contribution in [3.8, 4) is 0 Å². The van der Waals surface area contributed by atoms with Gasteiger partial charge < -0.3 is 10.6 Å². The summed E-state index contributed by atoms with van der Waals surface area (Å²) in [6, 6.07) is 3.46. The number of aromatic nitrogens is 3. The minimum Gasteiger partial charge on any atom is -0.382 e. The van der Waals surface area contributed by atoms with Crippen LogP contribution in [0.2, 0.25) is 0 Å². The number of thiazole rings is 1. The van der Waals surface area contributed by atoms with Gasteiger partial charge in [0, 0.05) is 25.4 Å². The lowest BCUT2D eigenvalue weighted by molar-refractivity contribution is 0.0949. The second-order valence-electron chi connectivity index (χ2n) is 5.32. The van der Waals surface area contributed by atoms with Crippen molar-refractivity contribution in [1.29, 1.82) is 0 Å². The molecule has 1 aliphatic heterocycles. The van der Waals surface area contributed by atoms with Crippen LogP contribution >= 0.6 is 22.7 Å². The van der Waals surface area contributed by atoms with Crippen LogP contribution in [0, 0.1) is 0 Å². The number of hydrogen-bond acceptors (Lipinski definition) is 7. The molecule has 0 radical (unpaired) electrons. The third kappa shape index (κ3) is 2.38. The summed E-state index contributed by atoms with van der Waals surface area (Å²) in [6.45, 7) is 2.16. The minimum absolute atomic E-state index is 0.161. The summed E-state index contributed by atoms with van der Waals surface area (Å²) in [5.74, 6) is 0.184. The molecule has 114 valence electrons. The number of thiophene rings is 1. The lowest BCUT2D eigenvalue weighted by Gasteiger charge is -2.25. The highest BCUT2D eigenvalue weighted by atomic mass is 32.2. The van der Waals surface area contributed by atoms with E-state index in [1.165, 1.54) is 35.3 Å². The van der Waals surface area contributed by atoms with E-state index in [-0.39, 0.29) is 5.91 Å². The normalized spacial score (nSPS) is 15.5. The van der Waals surface area contributed by atoms with Gasteiger partial charge in [0.1, 0.15) is 9.83 Å².